The maximum absolute atomic E-state index is 11.9. The van der Waals surface area contributed by atoms with Crippen LogP contribution in [-0.2, 0) is 0 Å². The van der Waals surface area contributed by atoms with Gasteiger partial charge in [-0.3, -0.25) is 0 Å². The van der Waals surface area contributed by atoms with E-state index < -0.39 is 0 Å². The molecule has 0 heterocycles. The molecule has 24 heavy (non-hydrogen) atoms. The van der Waals surface area contributed by atoms with Gasteiger partial charge in [0.25, 0.3) is 0 Å². The number of carbonyl (C=O) groups excluding carboxylic acids is 1. The highest BCUT2D eigenvalue weighted by molar-refractivity contribution is 6.30. The quantitative estimate of drug-likeness (QED) is 0.735. The Labute approximate surface area is 146 Å². The number of aryl methyl sites for hydroxylation is 1. The minimum absolute atomic E-state index is 0.285. The largest absolute Gasteiger partial charge is 0.494 e. The van der Waals surface area contributed by atoms with Crippen molar-refractivity contribution < 1.29 is 14.3 Å². The van der Waals surface area contributed by atoms with Crippen LogP contribution in [0.4, 0.5) is 10.5 Å². The molecule has 2 aromatic rings. The summed E-state index contributed by atoms with van der Waals surface area (Å²) in [4.78, 5) is 11.9. The number of hydrogen-bond acceptors (Lipinski definition) is 3. The number of rotatable bonds is 7. The summed E-state index contributed by atoms with van der Waals surface area (Å²) in [5, 5.41) is 6.16. The fourth-order valence-electron chi connectivity index (χ4n) is 2.09. The van der Waals surface area contributed by atoms with Crippen molar-refractivity contribution in [3.8, 4) is 11.5 Å². The van der Waals surface area contributed by atoms with Gasteiger partial charge in [-0.1, -0.05) is 17.7 Å². The number of amides is 2. The molecule has 0 aliphatic rings. The number of urea groups is 1. The smallest absolute Gasteiger partial charge is 0.319 e. The van der Waals surface area contributed by atoms with Gasteiger partial charge in [0.2, 0.25) is 0 Å². The molecular weight excluding hydrogens is 328 g/mol. The number of carbonyl (C=O) groups is 1. The van der Waals surface area contributed by atoms with E-state index in [0.29, 0.717) is 30.5 Å². The van der Waals surface area contributed by atoms with Gasteiger partial charge in [-0.15, -0.1) is 0 Å². The SMILES string of the molecule is CCOc1cccc(OCCNC(=O)Nc2ccc(Cl)cc2C)c1. The zero-order chi connectivity index (χ0) is 17.4. The maximum atomic E-state index is 11.9. The van der Waals surface area contributed by atoms with E-state index in [4.69, 9.17) is 21.1 Å². The van der Waals surface area contributed by atoms with Crippen molar-refractivity contribution in [2.45, 2.75) is 13.8 Å². The lowest BCUT2D eigenvalue weighted by atomic mass is 10.2. The second-order valence-corrected chi connectivity index (χ2v) is 5.53. The average Bonchev–Trinajstić information content (AvgIpc) is 2.55. The molecule has 2 aromatic carbocycles. The van der Waals surface area contributed by atoms with E-state index in [9.17, 15) is 4.79 Å². The normalized spacial score (nSPS) is 10.1. The number of nitrogens with one attached hydrogen (secondary N) is 2. The van der Waals surface area contributed by atoms with Gasteiger partial charge in [-0.25, -0.2) is 4.79 Å². The summed E-state index contributed by atoms with van der Waals surface area (Å²) < 4.78 is 11.0. The van der Waals surface area contributed by atoms with Gasteiger partial charge in [0.1, 0.15) is 18.1 Å². The van der Waals surface area contributed by atoms with Gasteiger partial charge < -0.3 is 20.1 Å². The molecule has 2 rings (SSSR count). The van der Waals surface area contributed by atoms with Gasteiger partial charge in [0, 0.05) is 16.8 Å². The zero-order valence-electron chi connectivity index (χ0n) is 13.8. The van der Waals surface area contributed by atoms with Gasteiger partial charge >= 0.3 is 6.03 Å². The molecule has 6 heteroatoms. The van der Waals surface area contributed by atoms with E-state index in [1.165, 1.54) is 0 Å². The summed E-state index contributed by atoms with van der Waals surface area (Å²) >= 11 is 5.89. The maximum Gasteiger partial charge on any atom is 0.319 e. The van der Waals surface area contributed by atoms with Gasteiger partial charge in [-0.2, -0.15) is 0 Å². The fraction of sp³-hybridized carbons (Fsp3) is 0.278. The molecule has 0 aromatic heterocycles. The molecule has 0 bridgehead atoms. The zero-order valence-corrected chi connectivity index (χ0v) is 14.5. The van der Waals surface area contributed by atoms with Crippen LogP contribution in [0, 0.1) is 6.92 Å². The second kappa shape index (κ2) is 9.03. The predicted molar refractivity (Wildman–Crippen MR) is 96.3 cm³/mol. The molecule has 0 spiro atoms. The number of halogens is 1. The van der Waals surface area contributed by atoms with Gasteiger partial charge in [0.15, 0.2) is 0 Å². The van der Waals surface area contributed by atoms with E-state index in [1.807, 2.05) is 38.1 Å². The number of benzene rings is 2. The molecule has 0 saturated carbocycles. The molecule has 0 radical (unpaired) electrons. The Balaban J connectivity index is 1.73. The highest BCUT2D eigenvalue weighted by atomic mass is 35.5. The van der Waals surface area contributed by atoms with Crippen molar-refractivity contribution in [3.05, 3.63) is 53.1 Å². The summed E-state index contributed by atoms with van der Waals surface area (Å²) in [6.45, 7) is 5.17. The summed E-state index contributed by atoms with van der Waals surface area (Å²) in [5.74, 6) is 1.47. The fourth-order valence-corrected chi connectivity index (χ4v) is 2.31. The molecule has 0 aliphatic heterocycles. The van der Waals surface area contributed by atoms with E-state index in [0.717, 1.165) is 17.0 Å². The van der Waals surface area contributed by atoms with Crippen LogP contribution in [0.15, 0.2) is 42.5 Å². The highest BCUT2D eigenvalue weighted by Gasteiger charge is 2.04. The Kier molecular flexibility index (Phi) is 6.75. The van der Waals surface area contributed by atoms with Crippen LogP contribution >= 0.6 is 11.6 Å². The molecule has 2 N–H and O–H groups in total. The molecule has 2 amide bonds. The standard InChI is InChI=1S/C18H21ClN2O3/c1-3-23-15-5-4-6-16(12-15)24-10-9-20-18(22)21-17-8-7-14(19)11-13(17)2/h4-8,11-12H,3,9-10H2,1-2H3,(H2,20,21,22). The van der Waals surface area contributed by atoms with Crippen molar-refractivity contribution in [3.63, 3.8) is 0 Å². The van der Waals surface area contributed by atoms with Crippen molar-refractivity contribution in [2.24, 2.45) is 0 Å². The van der Waals surface area contributed by atoms with Crippen LogP contribution < -0.4 is 20.1 Å². The van der Waals surface area contributed by atoms with Crippen LogP contribution in [0.1, 0.15) is 12.5 Å². The summed E-state index contributed by atoms with van der Waals surface area (Å²) in [7, 11) is 0. The molecule has 5 nitrogen and oxygen atoms in total. The topological polar surface area (TPSA) is 59.6 Å². The first kappa shape index (κ1) is 17.9. The molecule has 0 aliphatic carbocycles. The lowest BCUT2D eigenvalue weighted by molar-refractivity contribution is 0.247. The van der Waals surface area contributed by atoms with Crippen molar-refractivity contribution in [1.82, 2.24) is 5.32 Å². The van der Waals surface area contributed by atoms with E-state index in [2.05, 4.69) is 10.6 Å². The third kappa shape index (κ3) is 5.66. The van der Waals surface area contributed by atoms with Crippen LogP contribution in [0.5, 0.6) is 11.5 Å². The van der Waals surface area contributed by atoms with E-state index >= 15 is 0 Å². The second-order valence-electron chi connectivity index (χ2n) is 5.10. The molecule has 0 atom stereocenters. The van der Waals surface area contributed by atoms with Crippen LogP contribution in [0.25, 0.3) is 0 Å². The van der Waals surface area contributed by atoms with Crippen LogP contribution in [-0.4, -0.2) is 25.8 Å². The van der Waals surface area contributed by atoms with Crippen LogP contribution in [0.3, 0.4) is 0 Å². The lowest BCUT2D eigenvalue weighted by Crippen LogP contribution is -2.32. The average molecular weight is 349 g/mol. The van der Waals surface area contributed by atoms with Crippen molar-refractivity contribution >= 4 is 23.3 Å². The molecule has 0 unspecified atom stereocenters. The molecule has 0 saturated heterocycles. The molecule has 128 valence electrons. The predicted octanol–water partition coefficient (Wildman–Crippen LogP) is 4.25. The number of ether oxygens (including phenoxy) is 2. The number of hydrogen-bond donors (Lipinski definition) is 2. The van der Waals surface area contributed by atoms with Crippen molar-refractivity contribution in [1.29, 1.82) is 0 Å². The van der Waals surface area contributed by atoms with E-state index in [1.54, 1.807) is 18.2 Å². The molecule has 0 fully saturated rings. The number of anilines is 1. The summed E-state index contributed by atoms with van der Waals surface area (Å²) in [6.07, 6.45) is 0. The van der Waals surface area contributed by atoms with Crippen LogP contribution in [0.2, 0.25) is 5.02 Å². The van der Waals surface area contributed by atoms with E-state index in [-0.39, 0.29) is 6.03 Å². The van der Waals surface area contributed by atoms with Crippen molar-refractivity contribution in [2.75, 3.05) is 25.1 Å². The third-order valence-electron chi connectivity index (χ3n) is 3.21. The molecular formula is C18H21ClN2O3. The Morgan fingerprint density at radius 1 is 1.12 bits per heavy atom. The first-order chi connectivity index (χ1) is 11.6. The first-order valence-electron chi connectivity index (χ1n) is 7.75. The lowest BCUT2D eigenvalue weighted by Gasteiger charge is -2.11. The Hall–Kier alpha value is -2.40. The minimum atomic E-state index is -0.285. The highest BCUT2D eigenvalue weighted by Crippen LogP contribution is 2.20. The van der Waals surface area contributed by atoms with Gasteiger partial charge in [-0.05, 0) is 49.7 Å². The minimum Gasteiger partial charge on any atom is -0.494 e. The Morgan fingerprint density at radius 3 is 2.58 bits per heavy atom. The third-order valence-corrected chi connectivity index (χ3v) is 3.44. The monoisotopic (exact) mass is 348 g/mol. The Morgan fingerprint density at radius 2 is 1.88 bits per heavy atom. The summed E-state index contributed by atoms with van der Waals surface area (Å²) in [6, 6.07) is 12.4. The first-order valence-corrected chi connectivity index (χ1v) is 8.13. The summed E-state index contributed by atoms with van der Waals surface area (Å²) in [5.41, 5.74) is 1.63. The van der Waals surface area contributed by atoms with Gasteiger partial charge in [0.05, 0.1) is 13.2 Å². The Bertz CT molecular complexity index is 692.